The number of amidine groups is 2. The van der Waals surface area contributed by atoms with Crippen LogP contribution in [0.3, 0.4) is 0 Å². The number of nitrogens with zero attached hydrogens (tertiary/aromatic N) is 5. The van der Waals surface area contributed by atoms with Crippen LogP contribution in [0.15, 0.2) is 180 Å². The Morgan fingerprint density at radius 1 is 0.480 bits per heavy atom. The Hall–Kier alpha value is -6.79. The Kier molecular flexibility index (Phi) is 6.45. The second kappa shape index (κ2) is 11.4. The van der Waals surface area contributed by atoms with Crippen LogP contribution in [0.2, 0.25) is 0 Å². The maximum atomic E-state index is 5.14. The van der Waals surface area contributed by atoms with Crippen molar-refractivity contribution in [2.75, 3.05) is 0 Å². The van der Waals surface area contributed by atoms with E-state index in [1.165, 1.54) is 27.1 Å². The fraction of sp³-hybridized carbons (Fsp3) is 0.0227. The van der Waals surface area contributed by atoms with Gasteiger partial charge in [0.2, 0.25) is 0 Å². The van der Waals surface area contributed by atoms with Gasteiger partial charge in [0, 0.05) is 44.6 Å². The lowest BCUT2D eigenvalue weighted by molar-refractivity contribution is 0.674. The van der Waals surface area contributed by atoms with Crippen LogP contribution in [0.5, 0.6) is 0 Å². The molecule has 0 aliphatic carbocycles. The van der Waals surface area contributed by atoms with Crippen molar-refractivity contribution in [1.29, 1.82) is 0 Å². The van der Waals surface area contributed by atoms with Gasteiger partial charge in [-0.1, -0.05) is 127 Å². The molecule has 0 radical (unpaired) electrons. The van der Waals surface area contributed by atoms with Crippen molar-refractivity contribution in [3.8, 4) is 11.5 Å². The van der Waals surface area contributed by atoms with Crippen LogP contribution in [0.1, 0.15) is 22.9 Å². The highest BCUT2D eigenvalue weighted by atomic mass is 15.2. The van der Waals surface area contributed by atoms with E-state index in [0.29, 0.717) is 5.84 Å². The number of rotatable bonds is 5. The average molecular weight is 643 g/mol. The fourth-order valence-electron chi connectivity index (χ4n) is 7.36. The third-order valence-electron chi connectivity index (χ3n) is 9.62. The highest BCUT2D eigenvalue weighted by molar-refractivity contribution is 6.23. The number of nitrogens with one attached hydrogen (secondary N) is 1. The van der Waals surface area contributed by atoms with Crippen LogP contribution in [0, 0.1) is 0 Å². The second-order valence-electron chi connectivity index (χ2n) is 12.5. The van der Waals surface area contributed by atoms with Crippen LogP contribution in [0.4, 0.5) is 0 Å². The molecule has 236 valence electrons. The van der Waals surface area contributed by atoms with Crippen molar-refractivity contribution < 1.29 is 0 Å². The van der Waals surface area contributed by atoms with Crippen molar-refractivity contribution in [3.63, 3.8) is 0 Å². The summed E-state index contributed by atoms with van der Waals surface area (Å²) < 4.78 is 4.70. The molecule has 0 saturated heterocycles. The van der Waals surface area contributed by atoms with Gasteiger partial charge in [-0.3, -0.25) is 4.57 Å². The van der Waals surface area contributed by atoms with Gasteiger partial charge in [-0.05, 0) is 42.0 Å². The molecule has 0 spiro atoms. The van der Waals surface area contributed by atoms with Crippen LogP contribution in [0.25, 0.3) is 55.1 Å². The lowest BCUT2D eigenvalue weighted by atomic mass is 10.1. The molecule has 0 amide bonds. The molecule has 1 atom stereocenters. The van der Waals surface area contributed by atoms with Gasteiger partial charge >= 0.3 is 0 Å². The molecule has 9 aromatic rings. The normalized spacial score (nSPS) is 14.6. The molecule has 1 aliphatic rings. The molecule has 0 bridgehead atoms. The number of hydrogen-bond donors (Lipinski definition) is 1. The van der Waals surface area contributed by atoms with Crippen molar-refractivity contribution in [1.82, 2.24) is 19.4 Å². The zero-order valence-corrected chi connectivity index (χ0v) is 27.0. The molecule has 1 N–H and O–H groups in total. The second-order valence-corrected chi connectivity index (χ2v) is 12.5. The zero-order chi connectivity index (χ0) is 33.0. The lowest BCUT2D eigenvalue weighted by Gasteiger charge is -2.23. The Bertz CT molecular complexity index is 2760. The molecule has 0 fully saturated rings. The third kappa shape index (κ3) is 4.46. The summed E-state index contributed by atoms with van der Waals surface area (Å²) >= 11 is 0. The van der Waals surface area contributed by atoms with Crippen molar-refractivity contribution >= 4 is 55.3 Å². The molecule has 6 heteroatoms. The molecule has 6 nitrogen and oxygen atoms in total. The van der Waals surface area contributed by atoms with Gasteiger partial charge in [-0.15, -0.1) is 0 Å². The minimum atomic E-state index is -0.274. The Labute approximate surface area is 288 Å². The van der Waals surface area contributed by atoms with E-state index in [0.717, 1.165) is 50.6 Å². The third-order valence-corrected chi connectivity index (χ3v) is 9.62. The van der Waals surface area contributed by atoms with Gasteiger partial charge < -0.3 is 9.88 Å². The summed E-state index contributed by atoms with van der Waals surface area (Å²) in [6, 6.07) is 57.1. The Morgan fingerprint density at radius 3 is 1.72 bits per heavy atom. The van der Waals surface area contributed by atoms with E-state index in [1.54, 1.807) is 0 Å². The number of para-hydroxylation sites is 3. The molecule has 1 unspecified atom stereocenters. The number of aliphatic imine (C=N–C) groups is 2. The zero-order valence-electron chi connectivity index (χ0n) is 27.0. The van der Waals surface area contributed by atoms with E-state index in [2.05, 4.69) is 142 Å². The van der Waals surface area contributed by atoms with E-state index in [1.807, 2.05) is 42.6 Å². The molecule has 4 heterocycles. The standard InChI is InChI=1S/C44H30N6/c1-4-14-29(15-5-1)42-46-43(30-16-6-2-7-17-30)48-44(47-42)31-24-27-39(45-28-31)50-38-23-13-11-21-34(38)36-26-25-35-33-20-10-12-22-37(33)49(40(35)41(36)50)32-18-8-3-9-19-32/h1-28,42H,(H,46,47,48). The van der Waals surface area contributed by atoms with E-state index in [-0.39, 0.29) is 6.17 Å². The maximum absolute atomic E-state index is 5.14. The average Bonchev–Trinajstić information content (AvgIpc) is 3.72. The molecule has 6 aromatic carbocycles. The van der Waals surface area contributed by atoms with Crippen LogP contribution in [-0.2, 0) is 0 Å². The number of aromatic nitrogens is 3. The fourth-order valence-corrected chi connectivity index (χ4v) is 7.36. The van der Waals surface area contributed by atoms with Crippen molar-refractivity contribution in [2.24, 2.45) is 9.98 Å². The maximum Gasteiger partial charge on any atom is 0.160 e. The number of pyridine rings is 1. The summed E-state index contributed by atoms with van der Waals surface area (Å²) in [7, 11) is 0. The lowest BCUT2D eigenvalue weighted by Crippen LogP contribution is -2.33. The SMILES string of the molecule is c1ccc(C2=NC(c3ccc(-n4c5ccccc5c5ccc6c7ccccc7n(-c7ccccc7)c6c54)nc3)=NC(c3ccccc3)N2)cc1. The van der Waals surface area contributed by atoms with Gasteiger partial charge in [-0.2, -0.15) is 0 Å². The Morgan fingerprint density at radius 2 is 1.06 bits per heavy atom. The first-order valence-corrected chi connectivity index (χ1v) is 16.8. The summed E-state index contributed by atoms with van der Waals surface area (Å²) in [6.45, 7) is 0. The van der Waals surface area contributed by atoms with Gasteiger partial charge in [0.05, 0.1) is 22.1 Å². The Balaban J connectivity index is 1.19. The summed E-state index contributed by atoms with van der Waals surface area (Å²) in [6.07, 6.45) is 1.63. The predicted molar refractivity (Wildman–Crippen MR) is 205 cm³/mol. The molecule has 0 saturated carbocycles. The van der Waals surface area contributed by atoms with Crippen LogP contribution >= 0.6 is 0 Å². The monoisotopic (exact) mass is 642 g/mol. The van der Waals surface area contributed by atoms with Gasteiger partial charge in [0.15, 0.2) is 5.84 Å². The minimum Gasteiger partial charge on any atom is -0.344 e. The first kappa shape index (κ1) is 28.2. The summed E-state index contributed by atoms with van der Waals surface area (Å²) in [5.74, 6) is 2.26. The quantitative estimate of drug-likeness (QED) is 0.203. The van der Waals surface area contributed by atoms with Crippen molar-refractivity contribution in [2.45, 2.75) is 6.17 Å². The molecule has 10 rings (SSSR count). The van der Waals surface area contributed by atoms with E-state index >= 15 is 0 Å². The minimum absolute atomic E-state index is 0.274. The smallest absolute Gasteiger partial charge is 0.160 e. The van der Waals surface area contributed by atoms with Gasteiger partial charge in [0.1, 0.15) is 17.8 Å². The van der Waals surface area contributed by atoms with Crippen LogP contribution in [-0.4, -0.2) is 25.8 Å². The largest absolute Gasteiger partial charge is 0.344 e. The molecule has 50 heavy (non-hydrogen) atoms. The highest BCUT2D eigenvalue weighted by Crippen LogP contribution is 2.41. The van der Waals surface area contributed by atoms with E-state index in [4.69, 9.17) is 15.0 Å². The molecular weight excluding hydrogens is 613 g/mol. The van der Waals surface area contributed by atoms with Gasteiger partial charge in [0.25, 0.3) is 0 Å². The van der Waals surface area contributed by atoms with Crippen LogP contribution < -0.4 is 5.32 Å². The van der Waals surface area contributed by atoms with E-state index < -0.39 is 0 Å². The molecular formula is C44H30N6. The van der Waals surface area contributed by atoms with E-state index in [9.17, 15) is 0 Å². The first-order valence-electron chi connectivity index (χ1n) is 16.8. The topological polar surface area (TPSA) is 59.5 Å². The number of benzene rings is 6. The predicted octanol–water partition coefficient (Wildman–Crippen LogP) is 9.77. The molecule has 1 aliphatic heterocycles. The first-order chi connectivity index (χ1) is 24.8. The summed E-state index contributed by atoms with van der Waals surface area (Å²) in [4.78, 5) is 15.2. The number of hydrogen-bond acceptors (Lipinski definition) is 4. The highest BCUT2D eigenvalue weighted by Gasteiger charge is 2.23. The number of fused-ring (bicyclic) bond motifs is 7. The van der Waals surface area contributed by atoms with Gasteiger partial charge in [-0.25, -0.2) is 15.0 Å². The summed E-state index contributed by atoms with van der Waals surface area (Å²) in [5.41, 5.74) is 8.61. The molecule has 3 aromatic heterocycles. The summed E-state index contributed by atoms with van der Waals surface area (Å²) in [5, 5.41) is 8.34. The van der Waals surface area contributed by atoms with Crippen molar-refractivity contribution in [3.05, 3.63) is 187 Å².